The molecule has 6 N–H and O–H groups in total. The minimum atomic E-state index is -0.612. The molecule has 0 atom stereocenters. The number of hydrogen-bond donors (Lipinski definition) is 6. The van der Waals surface area contributed by atoms with Crippen LogP contribution in [-0.2, 0) is 68.1 Å². The van der Waals surface area contributed by atoms with Gasteiger partial charge in [0.25, 0.3) is 0 Å². The van der Waals surface area contributed by atoms with Gasteiger partial charge in [0.2, 0.25) is 0 Å². The molecule has 12 aromatic rings. The Balaban J connectivity index is 0.000000219. The number of nitrogens with one attached hydrogen (secondary N) is 6. The molecular formula is C106H118BrClFIN6O18. The summed E-state index contributed by atoms with van der Waals surface area (Å²) in [4.78, 5) is 68.5. The van der Waals surface area contributed by atoms with Crippen LogP contribution >= 0.6 is 50.1 Å². The Morgan fingerprint density at radius 2 is 0.522 bits per heavy atom. The summed E-state index contributed by atoms with van der Waals surface area (Å²) in [6.07, 6.45) is -3.12. The number of benzene rings is 12. The molecule has 12 rings (SSSR count). The molecule has 0 aliphatic rings. The van der Waals surface area contributed by atoms with Crippen LogP contribution in [0.1, 0.15) is 131 Å². The largest absolute Gasteiger partial charge is 0.489 e. The van der Waals surface area contributed by atoms with E-state index in [0.29, 0.717) is 83.7 Å². The highest BCUT2D eigenvalue weighted by atomic mass is 127. The normalized spacial score (nSPS) is 10.3. The molecule has 0 saturated carbocycles. The zero-order chi connectivity index (χ0) is 98.3. The fraction of sp³-hybridized carbons (Fsp3) is 0.264. The highest BCUT2D eigenvalue weighted by molar-refractivity contribution is 14.1. The van der Waals surface area contributed by atoms with Crippen molar-refractivity contribution in [3.63, 3.8) is 0 Å². The third-order valence-electron chi connectivity index (χ3n) is 20.1. The highest BCUT2D eigenvalue weighted by Gasteiger charge is 2.18. The number of methoxy groups -OCH3 is 6. The lowest BCUT2D eigenvalue weighted by molar-refractivity contribution is 0.186. The van der Waals surface area contributed by atoms with Crippen molar-refractivity contribution in [2.75, 3.05) is 74.6 Å². The minimum absolute atomic E-state index is 0.140. The molecule has 0 heterocycles. The smallest absolute Gasteiger partial charge is 0.411 e. The number of carbonyl (C=O) groups is 6. The molecule has 0 aliphatic carbocycles. The fourth-order valence-corrected chi connectivity index (χ4v) is 14.2. The molecule has 12 aromatic carbocycles. The topological polar surface area (TPSA) is 285 Å². The van der Waals surface area contributed by atoms with Gasteiger partial charge in [-0.3, -0.25) is 31.9 Å². The van der Waals surface area contributed by atoms with Crippen LogP contribution in [0.3, 0.4) is 0 Å². The lowest BCUT2D eigenvalue weighted by atomic mass is 10.00. The first-order valence-corrected chi connectivity index (χ1v) is 44.8. The Morgan fingerprint density at radius 3 is 0.821 bits per heavy atom. The van der Waals surface area contributed by atoms with E-state index in [1.165, 1.54) is 94.2 Å². The predicted molar refractivity (Wildman–Crippen MR) is 541 cm³/mol. The van der Waals surface area contributed by atoms with Crippen LogP contribution in [0, 0.1) is 99.4 Å². The first-order valence-electron chi connectivity index (χ1n) is 42.5. The van der Waals surface area contributed by atoms with E-state index in [9.17, 15) is 33.2 Å². The maximum atomic E-state index is 13.4. The minimum Gasteiger partial charge on any atom is -0.489 e. The number of aryl methyl sites for hydroxylation is 13. The highest BCUT2D eigenvalue weighted by Crippen LogP contribution is 2.33. The summed E-state index contributed by atoms with van der Waals surface area (Å²) in [5.41, 5.74) is 24.6. The van der Waals surface area contributed by atoms with Crippen LogP contribution in [0.2, 0.25) is 5.02 Å². The van der Waals surface area contributed by atoms with Crippen molar-refractivity contribution in [3.8, 4) is 34.5 Å². The first-order chi connectivity index (χ1) is 63.9. The summed E-state index contributed by atoms with van der Waals surface area (Å²) in [6, 6.07) is 68.4. The molecule has 0 unspecified atom stereocenters. The van der Waals surface area contributed by atoms with Crippen molar-refractivity contribution in [2.45, 2.75) is 149 Å². The summed E-state index contributed by atoms with van der Waals surface area (Å²) in [7, 11) is 7.95. The molecule has 0 aromatic heterocycles. The molecule has 0 saturated heterocycles. The van der Waals surface area contributed by atoms with Gasteiger partial charge in [0, 0.05) is 46.4 Å². The monoisotopic (exact) mass is 2020 g/mol. The van der Waals surface area contributed by atoms with Crippen molar-refractivity contribution in [1.82, 2.24) is 0 Å². The molecule has 0 aliphatic heterocycles. The van der Waals surface area contributed by atoms with E-state index in [0.717, 1.165) is 115 Å². The number of halogens is 4. The molecule has 0 spiro atoms. The van der Waals surface area contributed by atoms with E-state index in [1.54, 1.807) is 18.2 Å². The Kier molecular flexibility index (Phi) is 43.7. The van der Waals surface area contributed by atoms with Gasteiger partial charge in [0.05, 0.1) is 76.8 Å². The second-order valence-electron chi connectivity index (χ2n) is 31.5. The van der Waals surface area contributed by atoms with Gasteiger partial charge < -0.3 is 56.8 Å². The van der Waals surface area contributed by atoms with Crippen LogP contribution in [0.25, 0.3) is 0 Å². The molecule has 28 heteroatoms. The maximum absolute atomic E-state index is 13.4. The zero-order valence-electron chi connectivity index (χ0n) is 79.5. The maximum Gasteiger partial charge on any atom is 0.411 e. The molecule has 0 radical (unpaired) electrons. The summed E-state index contributed by atoms with van der Waals surface area (Å²) >= 11 is 11.7. The van der Waals surface area contributed by atoms with Crippen molar-refractivity contribution in [2.24, 2.45) is 0 Å². The number of amides is 6. The zero-order valence-corrected chi connectivity index (χ0v) is 84.0. The number of hydrogen-bond acceptors (Lipinski definition) is 18. The Labute approximate surface area is 812 Å². The van der Waals surface area contributed by atoms with E-state index in [2.05, 4.69) is 165 Å². The summed E-state index contributed by atoms with van der Waals surface area (Å²) in [5.74, 6) is 4.89. The lowest BCUT2D eigenvalue weighted by Crippen LogP contribution is -2.13. The third-order valence-corrected chi connectivity index (χ3v) is 21.5. The molecule has 0 bridgehead atoms. The lowest BCUT2D eigenvalue weighted by Gasteiger charge is -2.16. The van der Waals surface area contributed by atoms with Crippen LogP contribution in [0.5, 0.6) is 34.5 Å². The van der Waals surface area contributed by atoms with Crippen molar-refractivity contribution in [1.29, 1.82) is 0 Å². The number of anilines is 6. The van der Waals surface area contributed by atoms with Crippen molar-refractivity contribution < 1.29 is 90.0 Å². The van der Waals surface area contributed by atoms with Gasteiger partial charge >= 0.3 is 36.6 Å². The average molecular weight is 2030 g/mol. The van der Waals surface area contributed by atoms with Gasteiger partial charge in [-0.25, -0.2) is 33.2 Å². The quantitative estimate of drug-likeness (QED) is 0.0229. The van der Waals surface area contributed by atoms with E-state index in [-0.39, 0.29) is 6.61 Å². The predicted octanol–water partition coefficient (Wildman–Crippen LogP) is 28.0. The summed E-state index contributed by atoms with van der Waals surface area (Å²) in [5, 5.41) is 16.6. The number of rotatable bonds is 25. The molecule has 6 amide bonds. The van der Waals surface area contributed by atoms with Crippen LogP contribution in [0.15, 0.2) is 223 Å². The SMILES string of the molecule is COC(=O)Nc1ccc(Br)cc1COc1ccc(C)cc1C.COC(=O)Nc1ccc(C(C)C)cc1COc1ccc(C)cc1C.COC(=O)Nc1ccc(C)cc1COc1ccc(C)cc1C.COC(=O)Nc1ccc(Cl)cc1COc1ccc(C)cc1C.COC(=O)Nc1ccc(F)cc1COc1ccc(C)cc1C.COC(=O)Nc1ccc(I)cc1COc1ccc(C)cc1C. The van der Waals surface area contributed by atoms with E-state index < -0.39 is 42.4 Å². The summed E-state index contributed by atoms with van der Waals surface area (Å²) in [6.45, 7) is 32.5. The van der Waals surface area contributed by atoms with Gasteiger partial charge in [0.1, 0.15) is 80.0 Å². The fourth-order valence-electron chi connectivity index (χ4n) is 13.1. The average Bonchev–Trinajstić information content (AvgIpc) is 0.878. The van der Waals surface area contributed by atoms with Gasteiger partial charge in [-0.2, -0.15) is 0 Å². The standard InChI is InChI=1S/C20H25NO3.C18H21NO3.C17H18BrNO3.C17H18ClNO3.C17H18FNO3.C17H18INO3/c1-13(2)16-7-8-18(21-20(22)23-5)17(11-16)12-24-19-9-6-14(3)10-15(19)4;1-12-6-8-17(14(3)9-12)22-11-15-10-13(2)5-7-16(15)19-18(20)21-4;4*1-11-4-7-16(12(2)8-11)22-10-13-9-14(18)5-6-15(13)19-17(20)21-3/h6-11,13H,12H2,1-5H3,(H,21,22);5-10H,11H2,1-4H3,(H,19,20);4*4-9H,10H2,1-3H3,(H,19,20). The van der Waals surface area contributed by atoms with Crippen LogP contribution in [-0.4, -0.2) is 79.2 Å². The Hall–Kier alpha value is -13.5. The molecule has 708 valence electrons. The molecule has 0 fully saturated rings. The second-order valence-corrected chi connectivity index (χ2v) is 34.1. The molecular weight excluding hydrogens is 1910 g/mol. The van der Waals surface area contributed by atoms with Crippen molar-refractivity contribution >= 4 is 121 Å². The Morgan fingerprint density at radius 1 is 0.291 bits per heavy atom. The van der Waals surface area contributed by atoms with Crippen LogP contribution in [0.4, 0.5) is 67.3 Å². The van der Waals surface area contributed by atoms with Gasteiger partial charge in [-0.15, -0.1) is 0 Å². The third kappa shape index (κ3) is 36.2. The molecule has 24 nitrogen and oxygen atoms in total. The van der Waals surface area contributed by atoms with E-state index in [1.807, 2.05) is 215 Å². The van der Waals surface area contributed by atoms with Crippen LogP contribution < -0.4 is 60.3 Å². The molecule has 134 heavy (non-hydrogen) atoms. The van der Waals surface area contributed by atoms with Gasteiger partial charge in [0.15, 0.2) is 0 Å². The van der Waals surface area contributed by atoms with Crippen molar-refractivity contribution in [3.05, 3.63) is 349 Å². The van der Waals surface area contributed by atoms with Gasteiger partial charge in [-0.1, -0.05) is 177 Å². The Bertz CT molecular complexity index is 5330. The van der Waals surface area contributed by atoms with E-state index in [4.69, 9.17) is 44.8 Å². The first kappa shape index (κ1) is 108. The van der Waals surface area contributed by atoms with Gasteiger partial charge in [-0.05, 0) is 279 Å². The second kappa shape index (κ2) is 54.5. The van der Waals surface area contributed by atoms with E-state index >= 15 is 0 Å². The summed E-state index contributed by atoms with van der Waals surface area (Å²) < 4.78 is 78.4. The number of ether oxygens (including phenoxy) is 12. The number of carbonyl (C=O) groups excluding carboxylic acids is 6.